The Morgan fingerprint density at radius 3 is 1.88 bits per heavy atom. The van der Waals surface area contributed by atoms with Crippen molar-refractivity contribution in [1.29, 1.82) is 0 Å². The van der Waals surface area contributed by atoms with E-state index in [1.54, 1.807) is 6.92 Å². The summed E-state index contributed by atoms with van der Waals surface area (Å²) in [6.07, 6.45) is -0.245. The molecule has 1 N–H and O–H groups in total. The number of aliphatic hydroxyl groups excluding tert-OH is 1. The molecule has 0 heterocycles. The molecule has 8 heavy (non-hydrogen) atoms. The van der Waals surface area contributed by atoms with E-state index in [1.165, 1.54) is 0 Å². The molecular formula is C5H12INO. The number of alkyl halides is 1. The van der Waals surface area contributed by atoms with Gasteiger partial charge in [0.15, 0.2) is 0 Å². The smallest absolute Gasteiger partial charge is 0.0873 e. The quantitative estimate of drug-likeness (QED) is 0.427. The van der Waals surface area contributed by atoms with Crippen molar-refractivity contribution in [3.8, 4) is 0 Å². The van der Waals surface area contributed by atoms with Crippen LogP contribution in [0.3, 0.4) is 0 Å². The summed E-state index contributed by atoms with van der Waals surface area (Å²) in [5, 5.41) is 8.94. The predicted octanol–water partition coefficient (Wildman–Crippen LogP) is 0.690. The molecule has 0 aliphatic heterocycles. The van der Waals surface area contributed by atoms with Gasteiger partial charge in [-0.2, -0.15) is 0 Å². The zero-order valence-electron chi connectivity index (χ0n) is 5.43. The third kappa shape index (κ3) is 2.84. The van der Waals surface area contributed by atoms with Crippen LogP contribution >= 0.6 is 22.6 Å². The summed E-state index contributed by atoms with van der Waals surface area (Å²) in [5.41, 5.74) is 0. The highest BCUT2D eigenvalue weighted by molar-refractivity contribution is 14.1. The Kier molecular flexibility index (Phi) is 3.93. The summed E-state index contributed by atoms with van der Waals surface area (Å²) >= 11 is 2.20. The molecule has 0 rings (SSSR count). The Labute approximate surface area is 64.0 Å². The third-order valence-electron chi connectivity index (χ3n) is 0.891. The Bertz CT molecular complexity index is 57.4. The highest BCUT2D eigenvalue weighted by atomic mass is 127. The molecule has 0 aliphatic carbocycles. The normalized spacial score (nSPS) is 18.8. The van der Waals surface area contributed by atoms with Gasteiger partial charge >= 0.3 is 0 Å². The lowest BCUT2D eigenvalue weighted by molar-refractivity contribution is 0.144. The molecule has 2 unspecified atom stereocenters. The van der Waals surface area contributed by atoms with Gasteiger partial charge in [0.1, 0.15) is 0 Å². The van der Waals surface area contributed by atoms with Crippen LogP contribution in [0.4, 0.5) is 0 Å². The number of hydrogen-bond acceptors (Lipinski definition) is 2. The first-order valence-corrected chi connectivity index (χ1v) is 3.79. The van der Waals surface area contributed by atoms with Gasteiger partial charge in [0, 0.05) is 0 Å². The minimum Gasteiger partial charge on any atom is -0.391 e. The lowest BCUT2D eigenvalue weighted by Crippen LogP contribution is -2.31. The fourth-order valence-electron chi connectivity index (χ4n) is 0.431. The second kappa shape index (κ2) is 3.63. The molecule has 50 valence electrons. The van der Waals surface area contributed by atoms with Crippen molar-refractivity contribution >= 4 is 22.6 Å². The molecule has 0 radical (unpaired) electrons. The van der Waals surface area contributed by atoms with E-state index in [9.17, 15) is 0 Å². The van der Waals surface area contributed by atoms with E-state index in [0.717, 1.165) is 0 Å². The summed E-state index contributed by atoms with van der Waals surface area (Å²) in [5.74, 6) is 0. The molecule has 0 spiro atoms. The first-order valence-electron chi connectivity index (χ1n) is 2.54. The minimum atomic E-state index is -0.245. The lowest BCUT2D eigenvalue weighted by atomic mass is 10.4. The number of nitrogens with zero attached hydrogens (tertiary/aromatic N) is 1. The van der Waals surface area contributed by atoms with Crippen LogP contribution in [0.5, 0.6) is 0 Å². The Balaban J connectivity index is 3.46. The molecule has 0 fully saturated rings. The van der Waals surface area contributed by atoms with Gasteiger partial charge < -0.3 is 5.11 Å². The maximum Gasteiger partial charge on any atom is 0.0873 e. The lowest BCUT2D eigenvalue weighted by Gasteiger charge is -2.19. The summed E-state index contributed by atoms with van der Waals surface area (Å²) in [6.45, 7) is 1.79. The van der Waals surface area contributed by atoms with Crippen molar-refractivity contribution in [3.63, 3.8) is 0 Å². The molecule has 2 nitrogen and oxygen atoms in total. The van der Waals surface area contributed by atoms with Crippen LogP contribution in [0.1, 0.15) is 6.92 Å². The van der Waals surface area contributed by atoms with E-state index in [0.29, 0.717) is 0 Å². The molecule has 0 bridgehead atoms. The number of hydrogen-bond donors (Lipinski definition) is 1. The zero-order chi connectivity index (χ0) is 6.73. The third-order valence-corrected chi connectivity index (χ3v) is 3.05. The topological polar surface area (TPSA) is 23.5 Å². The minimum absolute atomic E-state index is 0.229. The molecule has 0 aliphatic rings. The van der Waals surface area contributed by atoms with Crippen molar-refractivity contribution in [2.75, 3.05) is 14.1 Å². The molecule has 3 heteroatoms. The number of likely N-dealkylation sites (N-methyl/N-ethyl adjacent to an activating group) is 1. The molecule has 0 amide bonds. The van der Waals surface area contributed by atoms with Gasteiger partial charge in [-0.1, -0.05) is 22.6 Å². The van der Waals surface area contributed by atoms with Crippen LogP contribution in [0.15, 0.2) is 0 Å². The summed E-state index contributed by atoms with van der Waals surface area (Å²) in [4.78, 5) is 1.98. The van der Waals surface area contributed by atoms with Gasteiger partial charge in [0.25, 0.3) is 0 Å². The fraction of sp³-hybridized carbons (Fsp3) is 1.00. The Hall–Kier alpha value is 0.650. The fourth-order valence-corrected chi connectivity index (χ4v) is 0.431. The number of aliphatic hydroxyl groups is 1. The maximum atomic E-state index is 8.94. The van der Waals surface area contributed by atoms with Gasteiger partial charge in [-0.3, -0.25) is 4.90 Å². The summed E-state index contributed by atoms with van der Waals surface area (Å²) < 4.78 is 0.229. The van der Waals surface area contributed by atoms with Crippen LogP contribution in [0, 0.1) is 0 Å². The van der Waals surface area contributed by atoms with Crippen LogP contribution in [-0.4, -0.2) is 34.3 Å². The number of halogens is 1. The van der Waals surface area contributed by atoms with E-state index >= 15 is 0 Å². The van der Waals surface area contributed by atoms with E-state index in [4.69, 9.17) is 5.11 Å². The molecule has 0 saturated heterocycles. The maximum absolute atomic E-state index is 8.94. The highest BCUT2D eigenvalue weighted by Gasteiger charge is 2.11. The monoisotopic (exact) mass is 229 g/mol. The van der Waals surface area contributed by atoms with Crippen LogP contribution in [0.25, 0.3) is 0 Å². The Morgan fingerprint density at radius 1 is 1.50 bits per heavy atom. The average molecular weight is 229 g/mol. The average Bonchev–Trinajstić information content (AvgIpc) is 1.64. The van der Waals surface area contributed by atoms with Crippen LogP contribution in [0.2, 0.25) is 0 Å². The van der Waals surface area contributed by atoms with E-state index < -0.39 is 0 Å². The Morgan fingerprint density at radius 2 is 1.88 bits per heavy atom. The summed E-state index contributed by atoms with van der Waals surface area (Å²) in [6, 6.07) is 0. The molecule has 0 aromatic carbocycles. The molecule has 2 atom stereocenters. The van der Waals surface area contributed by atoms with Gasteiger partial charge in [0.05, 0.1) is 10.2 Å². The summed E-state index contributed by atoms with van der Waals surface area (Å²) in [7, 11) is 3.90. The van der Waals surface area contributed by atoms with Crippen LogP contribution in [-0.2, 0) is 0 Å². The zero-order valence-corrected chi connectivity index (χ0v) is 7.58. The van der Waals surface area contributed by atoms with Gasteiger partial charge in [-0.15, -0.1) is 0 Å². The standard InChI is InChI=1S/C5H12INO/c1-4(8)5(6)7(2)3/h4-5,8H,1-3H3. The van der Waals surface area contributed by atoms with E-state index in [2.05, 4.69) is 22.6 Å². The van der Waals surface area contributed by atoms with Crippen molar-refractivity contribution in [2.45, 2.75) is 17.1 Å². The van der Waals surface area contributed by atoms with E-state index in [1.807, 2.05) is 19.0 Å². The van der Waals surface area contributed by atoms with Gasteiger partial charge in [-0.25, -0.2) is 0 Å². The van der Waals surface area contributed by atoms with Crippen molar-refractivity contribution in [3.05, 3.63) is 0 Å². The van der Waals surface area contributed by atoms with Crippen molar-refractivity contribution in [2.24, 2.45) is 0 Å². The largest absolute Gasteiger partial charge is 0.391 e. The second-order valence-corrected chi connectivity index (χ2v) is 3.35. The van der Waals surface area contributed by atoms with Gasteiger partial charge in [0.2, 0.25) is 0 Å². The highest BCUT2D eigenvalue weighted by Crippen LogP contribution is 2.07. The van der Waals surface area contributed by atoms with Gasteiger partial charge in [-0.05, 0) is 21.0 Å². The molecule has 0 aromatic rings. The van der Waals surface area contributed by atoms with Crippen molar-refractivity contribution in [1.82, 2.24) is 4.90 Å². The first-order chi connectivity index (χ1) is 3.55. The van der Waals surface area contributed by atoms with Crippen molar-refractivity contribution < 1.29 is 5.11 Å². The first kappa shape index (κ1) is 8.65. The number of rotatable bonds is 2. The van der Waals surface area contributed by atoms with Crippen LogP contribution < -0.4 is 0 Å². The van der Waals surface area contributed by atoms with E-state index in [-0.39, 0.29) is 10.2 Å². The molecule has 0 aromatic heterocycles. The second-order valence-electron chi connectivity index (χ2n) is 2.08. The SMILES string of the molecule is CC(O)C(I)N(C)C. The molecule has 0 saturated carbocycles. The molecular weight excluding hydrogens is 217 g/mol. The predicted molar refractivity (Wildman–Crippen MR) is 43.2 cm³/mol.